The lowest BCUT2D eigenvalue weighted by Crippen LogP contribution is -2.16. The van der Waals surface area contributed by atoms with E-state index < -0.39 is 0 Å². The zero-order chi connectivity index (χ0) is 13.7. The molecule has 3 nitrogen and oxygen atoms in total. The SMILES string of the molecule is CN1CC2CC(c3nc4cc([B]O)ccc4s3)CC2C1. The Morgan fingerprint density at radius 1 is 1.30 bits per heavy atom. The van der Waals surface area contributed by atoms with Crippen molar-refractivity contribution in [2.24, 2.45) is 11.8 Å². The van der Waals surface area contributed by atoms with E-state index in [1.165, 1.54) is 35.6 Å². The van der Waals surface area contributed by atoms with Crippen LogP contribution in [-0.4, -0.2) is 42.5 Å². The zero-order valence-corrected chi connectivity index (χ0v) is 12.4. The fourth-order valence-corrected chi connectivity index (χ4v) is 5.03. The summed E-state index contributed by atoms with van der Waals surface area (Å²) in [5.41, 5.74) is 1.86. The predicted octanol–water partition coefficient (Wildman–Crippen LogP) is 1.59. The van der Waals surface area contributed by atoms with Crippen LogP contribution in [0.4, 0.5) is 0 Å². The fourth-order valence-electron chi connectivity index (χ4n) is 3.95. The molecule has 2 aromatic rings. The molecule has 1 aliphatic heterocycles. The standard InChI is InChI=1S/C15H18BN2OS/c1-18-7-10-4-9(5-11(10)8-18)15-17-13-6-12(16-19)2-3-14(13)20-15/h2-3,6,9-11,19H,4-5,7-8H2,1H3. The van der Waals surface area contributed by atoms with Gasteiger partial charge in [0.25, 0.3) is 0 Å². The number of rotatable bonds is 2. The van der Waals surface area contributed by atoms with Crippen LogP contribution in [0, 0.1) is 11.8 Å². The molecule has 5 heteroatoms. The Hall–Kier alpha value is -0.905. The maximum Gasteiger partial charge on any atom is 0.326 e. The Kier molecular flexibility index (Phi) is 3.09. The maximum atomic E-state index is 9.10. The number of nitrogens with zero attached hydrogens (tertiary/aromatic N) is 2. The molecular formula is C15H18BN2OS. The van der Waals surface area contributed by atoms with Gasteiger partial charge in [-0.05, 0) is 43.9 Å². The lowest BCUT2D eigenvalue weighted by atomic mass is 9.89. The third-order valence-electron chi connectivity index (χ3n) is 4.86. The minimum Gasteiger partial charge on any atom is -0.450 e. The van der Waals surface area contributed by atoms with Crippen molar-refractivity contribution in [2.75, 3.05) is 20.1 Å². The molecular weight excluding hydrogens is 267 g/mol. The van der Waals surface area contributed by atoms with Crippen LogP contribution < -0.4 is 5.46 Å². The molecule has 4 rings (SSSR count). The van der Waals surface area contributed by atoms with Gasteiger partial charge in [0.2, 0.25) is 0 Å². The minimum absolute atomic E-state index is 0.651. The van der Waals surface area contributed by atoms with Crippen LogP contribution in [0.3, 0.4) is 0 Å². The molecule has 2 aliphatic rings. The quantitative estimate of drug-likeness (QED) is 0.851. The summed E-state index contributed by atoms with van der Waals surface area (Å²) >= 11 is 1.83. The Morgan fingerprint density at radius 2 is 2.05 bits per heavy atom. The Balaban J connectivity index is 1.60. The Labute approximate surface area is 123 Å². The molecule has 1 saturated carbocycles. The molecule has 2 unspecified atom stereocenters. The molecule has 1 N–H and O–H groups in total. The summed E-state index contributed by atoms with van der Waals surface area (Å²) in [6.45, 7) is 2.52. The summed E-state index contributed by atoms with van der Waals surface area (Å²) in [6.07, 6.45) is 2.60. The highest BCUT2D eigenvalue weighted by atomic mass is 32.1. The van der Waals surface area contributed by atoms with Gasteiger partial charge in [-0.15, -0.1) is 11.3 Å². The van der Waals surface area contributed by atoms with Crippen LogP contribution in [-0.2, 0) is 0 Å². The molecule has 2 atom stereocenters. The summed E-state index contributed by atoms with van der Waals surface area (Å²) in [6, 6.07) is 5.99. The van der Waals surface area contributed by atoms with Crippen LogP contribution in [0.2, 0.25) is 0 Å². The second-order valence-corrected chi connectivity index (χ2v) is 7.38. The summed E-state index contributed by atoms with van der Waals surface area (Å²) in [4.78, 5) is 7.29. The lowest BCUT2D eigenvalue weighted by Gasteiger charge is -2.12. The van der Waals surface area contributed by atoms with Gasteiger partial charge in [0.05, 0.1) is 15.2 Å². The largest absolute Gasteiger partial charge is 0.450 e. The summed E-state index contributed by atoms with van der Waals surface area (Å²) < 4.78 is 1.24. The highest BCUT2D eigenvalue weighted by molar-refractivity contribution is 7.18. The second-order valence-electron chi connectivity index (χ2n) is 6.32. The highest BCUT2D eigenvalue weighted by Crippen LogP contribution is 2.47. The van der Waals surface area contributed by atoms with Crippen molar-refractivity contribution in [3.8, 4) is 0 Å². The molecule has 2 fully saturated rings. The Bertz CT molecular complexity index is 630. The first-order chi connectivity index (χ1) is 9.72. The Morgan fingerprint density at radius 3 is 2.75 bits per heavy atom. The van der Waals surface area contributed by atoms with Crippen molar-refractivity contribution in [3.63, 3.8) is 0 Å². The topological polar surface area (TPSA) is 36.4 Å². The molecule has 2 heterocycles. The normalized spacial score (nSPS) is 30.0. The minimum atomic E-state index is 0.651. The first kappa shape index (κ1) is 12.8. The average molecular weight is 285 g/mol. The van der Waals surface area contributed by atoms with E-state index >= 15 is 0 Å². The van der Waals surface area contributed by atoms with Crippen LogP contribution in [0.1, 0.15) is 23.8 Å². The molecule has 0 amide bonds. The fraction of sp³-hybridized carbons (Fsp3) is 0.533. The number of benzene rings is 1. The molecule has 1 aromatic carbocycles. The number of likely N-dealkylation sites (tertiary alicyclic amines) is 1. The van der Waals surface area contributed by atoms with Crippen molar-refractivity contribution in [2.45, 2.75) is 18.8 Å². The summed E-state index contributed by atoms with van der Waals surface area (Å²) in [7, 11) is 3.38. The van der Waals surface area contributed by atoms with Crippen LogP contribution in [0.25, 0.3) is 10.2 Å². The van der Waals surface area contributed by atoms with Gasteiger partial charge < -0.3 is 9.92 Å². The van der Waals surface area contributed by atoms with Gasteiger partial charge in [-0.3, -0.25) is 0 Å². The first-order valence-electron chi connectivity index (χ1n) is 7.29. The smallest absolute Gasteiger partial charge is 0.326 e. The van der Waals surface area contributed by atoms with Gasteiger partial charge in [0.15, 0.2) is 0 Å². The van der Waals surface area contributed by atoms with Gasteiger partial charge in [0.1, 0.15) is 0 Å². The molecule has 1 radical (unpaired) electrons. The van der Waals surface area contributed by atoms with E-state index in [-0.39, 0.29) is 0 Å². The number of thiazole rings is 1. The van der Waals surface area contributed by atoms with Gasteiger partial charge in [0, 0.05) is 19.0 Å². The monoisotopic (exact) mass is 285 g/mol. The van der Waals surface area contributed by atoms with Crippen LogP contribution >= 0.6 is 11.3 Å². The lowest BCUT2D eigenvalue weighted by molar-refractivity contribution is 0.371. The maximum absolute atomic E-state index is 9.10. The molecule has 103 valence electrons. The van der Waals surface area contributed by atoms with Crippen molar-refractivity contribution in [1.82, 2.24) is 9.88 Å². The van der Waals surface area contributed by atoms with E-state index in [2.05, 4.69) is 18.0 Å². The molecule has 0 bridgehead atoms. The molecule has 20 heavy (non-hydrogen) atoms. The molecule has 1 aromatic heterocycles. The van der Waals surface area contributed by atoms with Gasteiger partial charge in [-0.25, -0.2) is 4.98 Å². The zero-order valence-electron chi connectivity index (χ0n) is 11.6. The van der Waals surface area contributed by atoms with Crippen molar-refractivity contribution >= 4 is 34.5 Å². The second kappa shape index (κ2) is 4.83. The average Bonchev–Trinajstić information content (AvgIpc) is 3.08. The van der Waals surface area contributed by atoms with Crippen LogP contribution in [0.15, 0.2) is 18.2 Å². The van der Waals surface area contributed by atoms with E-state index in [1.54, 1.807) is 0 Å². The van der Waals surface area contributed by atoms with Crippen molar-refractivity contribution in [3.05, 3.63) is 23.2 Å². The molecule has 0 spiro atoms. The van der Waals surface area contributed by atoms with E-state index in [0.29, 0.717) is 5.92 Å². The highest BCUT2D eigenvalue weighted by Gasteiger charge is 2.41. The molecule has 1 aliphatic carbocycles. The van der Waals surface area contributed by atoms with Crippen molar-refractivity contribution < 1.29 is 5.02 Å². The number of hydrogen-bond acceptors (Lipinski definition) is 4. The molecule has 1 saturated heterocycles. The summed E-state index contributed by atoms with van der Waals surface area (Å²) in [5.74, 6) is 2.40. The van der Waals surface area contributed by atoms with E-state index in [1.807, 2.05) is 23.5 Å². The third-order valence-corrected chi connectivity index (χ3v) is 6.06. The van der Waals surface area contributed by atoms with Gasteiger partial charge in [-0.1, -0.05) is 11.5 Å². The van der Waals surface area contributed by atoms with Crippen molar-refractivity contribution in [1.29, 1.82) is 0 Å². The predicted molar refractivity (Wildman–Crippen MR) is 83.7 cm³/mol. The van der Waals surface area contributed by atoms with E-state index in [0.717, 1.165) is 30.3 Å². The van der Waals surface area contributed by atoms with E-state index in [9.17, 15) is 0 Å². The first-order valence-corrected chi connectivity index (χ1v) is 8.11. The van der Waals surface area contributed by atoms with Crippen LogP contribution in [0.5, 0.6) is 0 Å². The number of fused-ring (bicyclic) bond motifs is 2. The van der Waals surface area contributed by atoms with Gasteiger partial charge >= 0.3 is 7.48 Å². The third kappa shape index (κ3) is 2.08. The van der Waals surface area contributed by atoms with Gasteiger partial charge in [-0.2, -0.15) is 0 Å². The number of aromatic nitrogens is 1. The van der Waals surface area contributed by atoms with E-state index in [4.69, 9.17) is 10.0 Å². The number of hydrogen-bond donors (Lipinski definition) is 1. The summed E-state index contributed by atoms with van der Waals surface area (Å²) in [5, 5.41) is 10.4.